The van der Waals surface area contributed by atoms with Crippen LogP contribution >= 0.6 is 11.3 Å². The number of benzene rings is 1. The topological polar surface area (TPSA) is 50.4 Å². The highest BCUT2D eigenvalue weighted by molar-refractivity contribution is 7.19. The maximum atomic E-state index is 9.71. The molecule has 0 unspecified atom stereocenters. The molecule has 2 aromatic heterocycles. The van der Waals surface area contributed by atoms with Gasteiger partial charge in [-0.15, -0.1) is 0 Å². The average Bonchev–Trinajstić information content (AvgIpc) is 2.95. The van der Waals surface area contributed by atoms with E-state index in [1.807, 2.05) is 12.1 Å². The van der Waals surface area contributed by atoms with Crippen LogP contribution in [-0.2, 0) is 12.0 Å². The van der Waals surface area contributed by atoms with E-state index >= 15 is 0 Å². The maximum Gasteiger partial charge on any atom is 0.213 e. The summed E-state index contributed by atoms with van der Waals surface area (Å²) in [4.78, 5) is 5.52. The Hall–Kier alpha value is -1.72. The molecule has 0 aliphatic carbocycles. The highest BCUT2D eigenvalue weighted by Crippen LogP contribution is 2.32. The van der Waals surface area contributed by atoms with Crippen molar-refractivity contribution < 1.29 is 5.11 Å². The molecule has 0 fully saturated rings. The van der Waals surface area contributed by atoms with E-state index < -0.39 is 0 Å². The molecule has 2 heterocycles. The quantitative estimate of drug-likeness (QED) is 0.787. The van der Waals surface area contributed by atoms with Gasteiger partial charge >= 0.3 is 0 Å². The van der Waals surface area contributed by atoms with E-state index in [2.05, 4.69) is 49.9 Å². The third kappa shape index (κ3) is 2.36. The zero-order chi connectivity index (χ0) is 15.2. The van der Waals surface area contributed by atoms with E-state index in [1.165, 1.54) is 5.56 Å². The van der Waals surface area contributed by atoms with Crippen molar-refractivity contribution in [3.63, 3.8) is 0 Å². The molecule has 0 saturated heterocycles. The normalized spacial score (nSPS) is 12.2. The SMILES string of the molecule is Cc1ccccc1-c1nn2c(CO)c(C(C)(C)C)nc2s1. The summed E-state index contributed by atoms with van der Waals surface area (Å²) < 4.78 is 1.78. The number of aliphatic hydroxyl groups excluding tert-OH is 1. The van der Waals surface area contributed by atoms with Gasteiger partial charge in [-0.25, -0.2) is 9.50 Å². The van der Waals surface area contributed by atoms with Crippen molar-refractivity contribution in [2.24, 2.45) is 0 Å². The minimum atomic E-state index is -0.103. The molecule has 0 aliphatic rings. The second kappa shape index (κ2) is 4.93. The number of nitrogens with zero attached hydrogens (tertiary/aromatic N) is 3. The van der Waals surface area contributed by atoms with E-state index in [1.54, 1.807) is 15.9 Å². The highest BCUT2D eigenvalue weighted by atomic mass is 32.1. The molecule has 3 rings (SSSR count). The first kappa shape index (κ1) is 14.2. The van der Waals surface area contributed by atoms with Gasteiger partial charge in [-0.05, 0) is 12.5 Å². The average molecular weight is 301 g/mol. The number of imidazole rings is 1. The maximum absolute atomic E-state index is 9.71. The van der Waals surface area contributed by atoms with Gasteiger partial charge in [0.15, 0.2) is 0 Å². The standard InChI is InChI=1S/C16H19N3OS/c1-10-7-5-6-8-11(10)14-18-19-12(9-20)13(16(2,3)4)17-15(19)21-14/h5-8,20H,9H2,1-4H3. The Kier molecular flexibility index (Phi) is 3.34. The van der Waals surface area contributed by atoms with Gasteiger partial charge in [0.2, 0.25) is 4.96 Å². The molecule has 4 nitrogen and oxygen atoms in total. The molecular formula is C16H19N3OS. The first-order chi connectivity index (χ1) is 9.91. The van der Waals surface area contributed by atoms with Gasteiger partial charge in [-0.3, -0.25) is 0 Å². The first-order valence-electron chi connectivity index (χ1n) is 6.97. The fraction of sp³-hybridized carbons (Fsp3) is 0.375. The Morgan fingerprint density at radius 1 is 1.24 bits per heavy atom. The number of aryl methyl sites for hydroxylation is 1. The molecule has 3 aromatic rings. The third-order valence-electron chi connectivity index (χ3n) is 3.53. The summed E-state index contributed by atoms with van der Waals surface area (Å²) in [6.07, 6.45) is 0. The van der Waals surface area contributed by atoms with Crippen LogP contribution in [0.25, 0.3) is 15.5 Å². The lowest BCUT2D eigenvalue weighted by atomic mass is 9.91. The summed E-state index contributed by atoms with van der Waals surface area (Å²) in [5, 5.41) is 15.3. The number of aliphatic hydroxyl groups is 1. The lowest BCUT2D eigenvalue weighted by Gasteiger charge is -2.16. The Bertz CT molecular complexity index is 796. The van der Waals surface area contributed by atoms with Crippen LogP contribution in [0.2, 0.25) is 0 Å². The van der Waals surface area contributed by atoms with Gasteiger partial charge in [0.1, 0.15) is 5.01 Å². The van der Waals surface area contributed by atoms with E-state index in [0.717, 1.165) is 26.9 Å². The third-order valence-corrected chi connectivity index (χ3v) is 4.47. The summed E-state index contributed by atoms with van der Waals surface area (Å²) in [5.74, 6) is 0. The van der Waals surface area contributed by atoms with E-state index in [0.29, 0.717) is 0 Å². The number of aromatic nitrogens is 3. The fourth-order valence-electron chi connectivity index (χ4n) is 2.45. The Labute approximate surface area is 128 Å². The van der Waals surface area contributed by atoms with Crippen molar-refractivity contribution in [3.8, 4) is 10.6 Å². The van der Waals surface area contributed by atoms with Crippen molar-refractivity contribution in [2.75, 3.05) is 0 Å². The van der Waals surface area contributed by atoms with E-state index in [4.69, 9.17) is 0 Å². The number of hydrogen-bond acceptors (Lipinski definition) is 4. The van der Waals surface area contributed by atoms with Crippen molar-refractivity contribution in [2.45, 2.75) is 39.7 Å². The highest BCUT2D eigenvalue weighted by Gasteiger charge is 2.25. The summed E-state index contributed by atoms with van der Waals surface area (Å²) in [7, 11) is 0. The fourth-order valence-corrected chi connectivity index (χ4v) is 3.46. The molecule has 0 amide bonds. The van der Waals surface area contributed by atoms with Gasteiger partial charge in [-0.2, -0.15) is 5.10 Å². The summed E-state index contributed by atoms with van der Waals surface area (Å²) in [5.41, 5.74) is 3.91. The molecule has 1 aromatic carbocycles. The second-order valence-electron chi connectivity index (χ2n) is 6.23. The van der Waals surface area contributed by atoms with Crippen molar-refractivity contribution in [3.05, 3.63) is 41.2 Å². The molecule has 110 valence electrons. The molecule has 0 aliphatic heterocycles. The smallest absolute Gasteiger partial charge is 0.213 e. The lowest BCUT2D eigenvalue weighted by Crippen LogP contribution is -2.15. The largest absolute Gasteiger partial charge is 0.390 e. The minimum Gasteiger partial charge on any atom is -0.390 e. The second-order valence-corrected chi connectivity index (χ2v) is 7.19. The number of hydrogen-bond donors (Lipinski definition) is 1. The molecule has 0 bridgehead atoms. The predicted octanol–water partition coefficient (Wildman–Crippen LogP) is 3.56. The van der Waals surface area contributed by atoms with Gasteiger partial charge < -0.3 is 5.11 Å². The van der Waals surface area contributed by atoms with E-state index in [-0.39, 0.29) is 12.0 Å². The molecule has 21 heavy (non-hydrogen) atoms. The monoisotopic (exact) mass is 301 g/mol. The van der Waals surface area contributed by atoms with Crippen molar-refractivity contribution in [1.82, 2.24) is 14.6 Å². The van der Waals surface area contributed by atoms with Gasteiger partial charge in [0.25, 0.3) is 0 Å². The molecule has 0 radical (unpaired) electrons. The van der Waals surface area contributed by atoms with Gasteiger partial charge in [-0.1, -0.05) is 56.4 Å². The molecule has 0 spiro atoms. The minimum absolute atomic E-state index is 0.0509. The first-order valence-corrected chi connectivity index (χ1v) is 7.79. The predicted molar refractivity (Wildman–Crippen MR) is 85.7 cm³/mol. The van der Waals surface area contributed by atoms with Gasteiger partial charge in [0.05, 0.1) is 18.0 Å². The summed E-state index contributed by atoms with van der Waals surface area (Å²) >= 11 is 1.56. The van der Waals surface area contributed by atoms with Gasteiger partial charge in [0, 0.05) is 11.0 Å². The van der Waals surface area contributed by atoms with Crippen molar-refractivity contribution in [1.29, 1.82) is 0 Å². The number of fused-ring (bicyclic) bond motifs is 1. The Morgan fingerprint density at radius 2 is 1.95 bits per heavy atom. The van der Waals surface area contributed by atoms with Crippen LogP contribution in [0.5, 0.6) is 0 Å². The lowest BCUT2D eigenvalue weighted by molar-refractivity contribution is 0.270. The Morgan fingerprint density at radius 3 is 2.57 bits per heavy atom. The zero-order valence-electron chi connectivity index (χ0n) is 12.7. The molecule has 5 heteroatoms. The van der Waals surface area contributed by atoms with E-state index in [9.17, 15) is 5.11 Å². The van der Waals surface area contributed by atoms with Crippen LogP contribution in [0.1, 0.15) is 37.7 Å². The van der Waals surface area contributed by atoms with Crippen LogP contribution in [0.15, 0.2) is 24.3 Å². The molecule has 0 atom stereocenters. The number of rotatable bonds is 2. The zero-order valence-corrected chi connectivity index (χ0v) is 13.5. The van der Waals surface area contributed by atoms with Crippen molar-refractivity contribution >= 4 is 16.3 Å². The summed E-state index contributed by atoms with van der Waals surface area (Å²) in [6.45, 7) is 8.32. The summed E-state index contributed by atoms with van der Waals surface area (Å²) in [6, 6.07) is 8.18. The van der Waals surface area contributed by atoms with Crippen LogP contribution in [-0.4, -0.2) is 19.7 Å². The molecule has 1 N–H and O–H groups in total. The Balaban J connectivity index is 2.19. The van der Waals surface area contributed by atoms with Crippen LogP contribution in [0.4, 0.5) is 0 Å². The van der Waals surface area contributed by atoms with Crippen LogP contribution in [0, 0.1) is 6.92 Å². The molecule has 0 saturated carbocycles. The van der Waals surface area contributed by atoms with Crippen LogP contribution < -0.4 is 0 Å². The molecular weight excluding hydrogens is 282 g/mol. The van der Waals surface area contributed by atoms with Crippen LogP contribution in [0.3, 0.4) is 0 Å².